The average Bonchev–Trinajstić information content (AvgIpc) is 3.30. The van der Waals surface area contributed by atoms with Crippen molar-refractivity contribution in [2.45, 2.75) is 39.2 Å². The van der Waals surface area contributed by atoms with Gasteiger partial charge in [0.05, 0.1) is 31.8 Å². The van der Waals surface area contributed by atoms with Crippen molar-refractivity contribution in [3.05, 3.63) is 47.0 Å². The summed E-state index contributed by atoms with van der Waals surface area (Å²) in [4.78, 5) is 9.34. The van der Waals surface area contributed by atoms with E-state index in [1.54, 1.807) is 0 Å². The second-order valence-corrected chi connectivity index (χ2v) is 7.89. The zero-order valence-corrected chi connectivity index (χ0v) is 17.1. The second kappa shape index (κ2) is 7.73. The summed E-state index contributed by atoms with van der Waals surface area (Å²) < 4.78 is 7.90. The van der Waals surface area contributed by atoms with Crippen LogP contribution in [0.4, 0.5) is 0 Å². The van der Waals surface area contributed by atoms with Gasteiger partial charge in [0.15, 0.2) is 0 Å². The van der Waals surface area contributed by atoms with Crippen molar-refractivity contribution in [2.24, 2.45) is 23.1 Å². The van der Waals surface area contributed by atoms with Crippen LogP contribution in [-0.4, -0.2) is 51.6 Å². The Balaban J connectivity index is 1.32. The molecule has 2 aliphatic rings. The topological polar surface area (TPSA) is 67.9 Å². The van der Waals surface area contributed by atoms with Gasteiger partial charge < -0.3 is 4.74 Å². The molecule has 7 heteroatoms. The van der Waals surface area contributed by atoms with E-state index in [1.165, 1.54) is 11.3 Å². The number of hydrogen-bond donors (Lipinski definition) is 0. The minimum absolute atomic E-state index is 0.522. The number of aryl methyl sites for hydroxylation is 3. The molecular weight excluding hydrogens is 352 g/mol. The lowest BCUT2D eigenvalue weighted by Gasteiger charge is -2.23. The predicted molar refractivity (Wildman–Crippen MR) is 110 cm³/mol. The maximum atomic E-state index is 6.04. The molecule has 1 aliphatic heterocycles. The minimum atomic E-state index is 0.522. The highest BCUT2D eigenvalue weighted by Gasteiger charge is 2.40. The molecule has 1 fully saturated rings. The molecule has 0 spiro atoms. The molecule has 7 nitrogen and oxygen atoms in total. The van der Waals surface area contributed by atoms with Crippen LogP contribution in [-0.2, 0) is 18.3 Å². The van der Waals surface area contributed by atoms with E-state index in [2.05, 4.69) is 27.3 Å². The lowest BCUT2D eigenvalue weighted by molar-refractivity contribution is 0.258. The van der Waals surface area contributed by atoms with Crippen molar-refractivity contribution >= 4 is 11.6 Å². The first kappa shape index (κ1) is 18.7. The largest absolute Gasteiger partial charge is 0.479 e. The van der Waals surface area contributed by atoms with E-state index >= 15 is 0 Å². The van der Waals surface area contributed by atoms with Gasteiger partial charge in [-0.25, -0.2) is 0 Å². The monoisotopic (exact) mass is 380 g/mol. The molecule has 0 amide bonds. The number of nitrogens with zero attached hydrogens (tertiary/aromatic N) is 6. The maximum absolute atomic E-state index is 6.04. The number of aromatic nitrogens is 3. The molecule has 4 rings (SSSR count). The van der Waals surface area contributed by atoms with Crippen LogP contribution in [0.5, 0.6) is 0 Å². The molecule has 2 aromatic heterocycles. The van der Waals surface area contributed by atoms with Gasteiger partial charge in [0.1, 0.15) is 0 Å². The molecule has 2 atom stereocenters. The van der Waals surface area contributed by atoms with Gasteiger partial charge in [-0.3, -0.25) is 19.7 Å². The van der Waals surface area contributed by atoms with Gasteiger partial charge >= 0.3 is 0 Å². The molecule has 0 N–H and O–H groups in total. The van der Waals surface area contributed by atoms with Crippen LogP contribution in [0.3, 0.4) is 0 Å². The Morgan fingerprint density at radius 2 is 2.07 bits per heavy atom. The lowest BCUT2D eigenvalue weighted by Crippen LogP contribution is -2.32. The third-order valence-corrected chi connectivity index (χ3v) is 5.36. The van der Waals surface area contributed by atoms with Crippen LogP contribution < -0.4 is 0 Å². The van der Waals surface area contributed by atoms with E-state index in [1.807, 2.05) is 49.9 Å². The Labute approximate surface area is 166 Å². The molecule has 0 bridgehead atoms. The highest BCUT2D eigenvalue weighted by atomic mass is 16.5. The number of rotatable bonds is 5. The summed E-state index contributed by atoms with van der Waals surface area (Å²) in [5, 5.41) is 10.9. The first-order valence-electron chi connectivity index (χ1n) is 9.84. The van der Waals surface area contributed by atoms with Crippen molar-refractivity contribution in [1.29, 1.82) is 0 Å². The number of hydrazone groups is 1. The Morgan fingerprint density at radius 3 is 2.82 bits per heavy atom. The SMILES string of the molecule is Cc1ccc(CN=C2CC(OCC3CC3c3ccn(C)n3)=NN(C)C2)c(C)n1. The third-order valence-electron chi connectivity index (χ3n) is 5.36. The fourth-order valence-electron chi connectivity index (χ4n) is 3.65. The molecule has 3 heterocycles. The summed E-state index contributed by atoms with van der Waals surface area (Å²) in [6, 6.07) is 6.26. The van der Waals surface area contributed by atoms with E-state index in [0.717, 1.165) is 36.0 Å². The first-order valence-corrected chi connectivity index (χ1v) is 9.84. The van der Waals surface area contributed by atoms with Gasteiger partial charge in [0.25, 0.3) is 0 Å². The van der Waals surface area contributed by atoms with Crippen LogP contribution in [0.2, 0.25) is 0 Å². The molecule has 2 unspecified atom stereocenters. The molecule has 148 valence electrons. The van der Waals surface area contributed by atoms with E-state index in [-0.39, 0.29) is 0 Å². The van der Waals surface area contributed by atoms with Crippen LogP contribution in [0, 0.1) is 19.8 Å². The number of pyridine rings is 1. The summed E-state index contributed by atoms with van der Waals surface area (Å²) in [6.07, 6.45) is 3.82. The van der Waals surface area contributed by atoms with Gasteiger partial charge in [-0.2, -0.15) is 5.10 Å². The summed E-state index contributed by atoms with van der Waals surface area (Å²) in [5.74, 6) is 1.82. The van der Waals surface area contributed by atoms with Crippen molar-refractivity contribution in [1.82, 2.24) is 19.8 Å². The average molecular weight is 380 g/mol. The predicted octanol–water partition coefficient (Wildman–Crippen LogP) is 2.84. The molecule has 0 radical (unpaired) electrons. The molecule has 1 aliphatic carbocycles. The zero-order chi connectivity index (χ0) is 19.7. The van der Waals surface area contributed by atoms with Gasteiger partial charge in [-0.1, -0.05) is 6.07 Å². The third kappa shape index (κ3) is 4.40. The van der Waals surface area contributed by atoms with Crippen LogP contribution >= 0.6 is 0 Å². The van der Waals surface area contributed by atoms with Gasteiger partial charge in [0.2, 0.25) is 5.90 Å². The Hall–Kier alpha value is -2.70. The fourth-order valence-corrected chi connectivity index (χ4v) is 3.65. The van der Waals surface area contributed by atoms with Crippen molar-refractivity contribution in [3.8, 4) is 0 Å². The van der Waals surface area contributed by atoms with Gasteiger partial charge in [-0.15, -0.1) is 5.10 Å². The zero-order valence-electron chi connectivity index (χ0n) is 17.1. The quantitative estimate of drug-likeness (QED) is 0.800. The Kier molecular flexibility index (Phi) is 5.15. The standard InChI is InChI=1S/C21H28N6O/c1-14-5-6-16(15(2)23-14)11-22-18-10-21(25-27(4)12-18)28-13-17-9-19(17)20-7-8-26(3)24-20/h5-8,17,19H,9-13H2,1-4H3. The minimum Gasteiger partial charge on any atom is -0.479 e. The van der Waals surface area contributed by atoms with Crippen molar-refractivity contribution in [2.75, 3.05) is 20.2 Å². The molecule has 0 aromatic carbocycles. The molecular formula is C21H28N6O. The van der Waals surface area contributed by atoms with E-state index in [4.69, 9.17) is 9.73 Å². The number of hydrogen-bond acceptors (Lipinski definition) is 6. The molecule has 1 saturated carbocycles. The summed E-state index contributed by atoms with van der Waals surface area (Å²) in [5.41, 5.74) is 5.53. The highest BCUT2D eigenvalue weighted by Crippen LogP contribution is 2.46. The van der Waals surface area contributed by atoms with Crippen LogP contribution in [0.1, 0.15) is 41.4 Å². The normalized spacial score (nSPS) is 23.1. The van der Waals surface area contributed by atoms with Crippen LogP contribution in [0.25, 0.3) is 0 Å². The number of aliphatic imine (C=N–C) groups is 1. The van der Waals surface area contributed by atoms with Gasteiger partial charge in [-0.05, 0) is 38.0 Å². The summed E-state index contributed by atoms with van der Waals surface area (Å²) in [7, 11) is 3.92. The maximum Gasteiger partial charge on any atom is 0.211 e. The first-order chi connectivity index (χ1) is 13.5. The van der Waals surface area contributed by atoms with E-state index in [9.17, 15) is 0 Å². The van der Waals surface area contributed by atoms with Gasteiger partial charge in [0, 0.05) is 49.2 Å². The van der Waals surface area contributed by atoms with E-state index in [0.29, 0.717) is 31.4 Å². The smallest absolute Gasteiger partial charge is 0.211 e. The highest BCUT2D eigenvalue weighted by molar-refractivity contribution is 6.03. The van der Waals surface area contributed by atoms with Crippen molar-refractivity contribution < 1.29 is 4.74 Å². The Bertz CT molecular complexity index is 915. The van der Waals surface area contributed by atoms with Crippen LogP contribution in [0.15, 0.2) is 34.5 Å². The molecule has 28 heavy (non-hydrogen) atoms. The lowest BCUT2D eigenvalue weighted by atomic mass is 10.1. The fraction of sp³-hybridized carbons (Fsp3) is 0.524. The second-order valence-electron chi connectivity index (χ2n) is 7.89. The molecule has 0 saturated heterocycles. The van der Waals surface area contributed by atoms with Crippen molar-refractivity contribution in [3.63, 3.8) is 0 Å². The summed E-state index contributed by atoms with van der Waals surface area (Å²) >= 11 is 0. The molecule has 2 aromatic rings. The van der Waals surface area contributed by atoms with E-state index < -0.39 is 0 Å². The number of ether oxygens (including phenoxy) is 1. The Morgan fingerprint density at radius 1 is 1.21 bits per heavy atom. The summed E-state index contributed by atoms with van der Waals surface area (Å²) in [6.45, 7) is 6.14.